The summed E-state index contributed by atoms with van der Waals surface area (Å²) in [5, 5.41) is 18.5. The van der Waals surface area contributed by atoms with Gasteiger partial charge in [-0.2, -0.15) is 0 Å². The second-order valence-electron chi connectivity index (χ2n) is 25.0. The second-order valence-corrected chi connectivity index (χ2v) is 25.0. The zero-order valence-corrected chi connectivity index (χ0v) is 54.8. The molecule has 6 aliphatic heterocycles. The zero-order chi connectivity index (χ0) is 69.2. The summed E-state index contributed by atoms with van der Waals surface area (Å²) < 4.78 is 77.9. The lowest BCUT2D eigenvalue weighted by Crippen LogP contribution is -2.76. The maximum Gasteiger partial charge on any atom is 0.337 e. The normalized spacial score (nSPS) is 28.4. The number of nitrogens with zero attached hydrogens (tertiary/aromatic N) is 3. The van der Waals surface area contributed by atoms with Crippen LogP contribution in [0.15, 0.2) is 187 Å². The van der Waals surface area contributed by atoms with Gasteiger partial charge in [-0.3, -0.25) is 24.0 Å². The summed E-state index contributed by atoms with van der Waals surface area (Å²) in [4.78, 5) is 89.0. The van der Waals surface area contributed by atoms with E-state index < -0.39 is 145 Å². The van der Waals surface area contributed by atoms with Crippen LogP contribution in [0.5, 0.6) is 0 Å². The van der Waals surface area contributed by atoms with E-state index in [4.69, 9.17) is 61.6 Å². The molecule has 6 aromatic rings. The average molecular weight is 1370 g/mol. The number of amides is 5. The molecule has 526 valence electrons. The molecule has 0 aliphatic carbocycles. The van der Waals surface area contributed by atoms with Crippen LogP contribution in [-0.2, 0) is 130 Å². The van der Waals surface area contributed by atoms with Crippen molar-refractivity contribution in [1.29, 1.82) is 0 Å². The molecule has 27 heteroatoms. The quantitative estimate of drug-likeness (QED) is 0.0159. The van der Waals surface area contributed by atoms with Gasteiger partial charge in [0, 0.05) is 4.91 Å². The monoisotopic (exact) mass is 1370 g/mol. The van der Waals surface area contributed by atoms with Crippen molar-refractivity contribution in [2.45, 2.75) is 149 Å². The fourth-order valence-corrected chi connectivity index (χ4v) is 12.5. The molecule has 0 spiro atoms. The molecular weight excluding hydrogens is 1290 g/mol. The summed E-state index contributed by atoms with van der Waals surface area (Å²) in [5.74, 6) is -4.21. The summed E-state index contributed by atoms with van der Waals surface area (Å²) in [7, 11) is 1.21. The molecule has 6 aromatic carbocycles. The minimum Gasteiger partial charge on any atom is -0.467 e. The first-order valence-electron chi connectivity index (χ1n) is 33.2. The minimum atomic E-state index is -1.38. The molecule has 12 rings (SSSR count). The number of azide groups is 1. The average Bonchev–Trinajstić information content (AvgIpc) is 0.763. The van der Waals surface area contributed by atoms with Crippen molar-refractivity contribution in [3.63, 3.8) is 0 Å². The van der Waals surface area contributed by atoms with Crippen molar-refractivity contribution in [1.82, 2.24) is 26.6 Å². The third-order valence-corrected chi connectivity index (χ3v) is 18.1. The fourth-order valence-electron chi connectivity index (χ4n) is 12.5. The van der Waals surface area contributed by atoms with Crippen molar-refractivity contribution in [3.05, 3.63) is 226 Å². The van der Waals surface area contributed by atoms with Gasteiger partial charge >= 0.3 is 5.97 Å². The van der Waals surface area contributed by atoms with Crippen LogP contribution in [0.1, 0.15) is 33.4 Å². The predicted molar refractivity (Wildman–Crippen MR) is 353 cm³/mol. The lowest BCUT2D eigenvalue weighted by molar-refractivity contribution is -0.217. The first kappa shape index (κ1) is 70.8. The third kappa shape index (κ3) is 17.9. The van der Waals surface area contributed by atoms with Crippen molar-refractivity contribution in [2.24, 2.45) is 5.11 Å². The fraction of sp³-hybridized carbons (Fsp3) is 0.425. The van der Waals surface area contributed by atoms with Gasteiger partial charge in [-0.15, -0.1) is 0 Å². The summed E-state index contributed by atoms with van der Waals surface area (Å²) in [6, 6.07) is 50.4. The van der Waals surface area contributed by atoms with E-state index in [1.807, 2.05) is 182 Å². The van der Waals surface area contributed by atoms with Crippen LogP contribution in [0.4, 0.5) is 0 Å². The van der Waals surface area contributed by atoms with E-state index >= 15 is 0 Å². The Hall–Kier alpha value is -9.03. The van der Waals surface area contributed by atoms with E-state index in [0.29, 0.717) is 0 Å². The van der Waals surface area contributed by atoms with Crippen LogP contribution in [0, 0.1) is 0 Å². The van der Waals surface area contributed by atoms with Gasteiger partial charge in [0.25, 0.3) is 23.6 Å². The number of methoxy groups -OCH3 is 1. The molecule has 6 saturated heterocycles. The number of carbonyl (C=O) groups excluding carboxylic acids is 6. The molecule has 5 N–H and O–H groups in total. The number of rotatable bonds is 36. The van der Waals surface area contributed by atoms with Crippen LogP contribution in [0.2, 0.25) is 0 Å². The molecule has 5 amide bonds. The highest BCUT2D eigenvalue weighted by Crippen LogP contribution is 2.33. The molecule has 6 heterocycles. The number of nitrogens with one attached hydrogen (secondary N) is 5. The van der Waals surface area contributed by atoms with Gasteiger partial charge in [-0.05, 0) is 38.9 Å². The highest BCUT2D eigenvalue weighted by Gasteiger charge is 2.58. The van der Waals surface area contributed by atoms with Crippen LogP contribution in [-0.4, -0.2) is 192 Å². The Bertz CT molecular complexity index is 3710. The number of ether oxygens (including phenoxy) is 13. The smallest absolute Gasteiger partial charge is 0.337 e. The van der Waals surface area contributed by atoms with Gasteiger partial charge in [0.15, 0.2) is 30.5 Å². The lowest BCUT2D eigenvalue weighted by Gasteiger charge is -2.50. The number of carbonyl (C=O) groups is 6. The number of benzene rings is 6. The molecule has 0 aromatic heterocycles. The van der Waals surface area contributed by atoms with E-state index in [2.05, 4.69) is 36.6 Å². The van der Waals surface area contributed by atoms with E-state index in [-0.39, 0.29) is 79.3 Å². The van der Waals surface area contributed by atoms with Crippen LogP contribution in [0.25, 0.3) is 10.4 Å². The maximum atomic E-state index is 14.9. The Morgan fingerprint density at radius 2 is 0.540 bits per heavy atom. The third-order valence-electron chi connectivity index (χ3n) is 18.1. The van der Waals surface area contributed by atoms with Gasteiger partial charge in [-0.25, -0.2) is 4.79 Å². The van der Waals surface area contributed by atoms with Gasteiger partial charge < -0.3 is 88.2 Å². The molecule has 27 nitrogen and oxygen atoms in total. The molecule has 0 saturated carbocycles. The van der Waals surface area contributed by atoms with Crippen molar-refractivity contribution >= 4 is 35.5 Å². The molecule has 6 aliphatic rings. The molecular formula is C73H80N8O19. The summed E-state index contributed by atoms with van der Waals surface area (Å²) in [6.45, 7) is 1.03. The topological polar surface area (TPSA) is 331 Å². The van der Waals surface area contributed by atoms with Crippen LogP contribution >= 0.6 is 0 Å². The summed E-state index contributed by atoms with van der Waals surface area (Å²) in [6.07, 6.45) is -12.8. The van der Waals surface area contributed by atoms with E-state index in [0.717, 1.165) is 33.4 Å². The molecule has 6 fully saturated rings. The van der Waals surface area contributed by atoms with Crippen LogP contribution < -0.4 is 26.6 Å². The number of hydrogen-bond donors (Lipinski definition) is 5. The van der Waals surface area contributed by atoms with Gasteiger partial charge in [0.1, 0.15) is 42.7 Å². The SMILES string of the molecule is COC(=O)[C@H]1O[C@H](COCc2ccccc2)[C@H]1NC(=O)[C@H]1O[C@H](COCc2ccccc2)[C@H]1NC(=O)[C@H]1O[C@H](COCc2ccccc2)[C@H]1NC(=O)[C@H]1O[C@H](COCc2ccccc2)[C@H]1NC(=O)[C@H]1O[C@H](COCc2ccccc2)[C@H]1NC(=O)[C@H]1O[C@H](COCc2ccccc2)[C@H]1N=[N+]=[N-]. The van der Waals surface area contributed by atoms with Crippen molar-refractivity contribution < 1.29 is 90.3 Å². The largest absolute Gasteiger partial charge is 0.467 e. The van der Waals surface area contributed by atoms with E-state index in [1.165, 1.54) is 7.11 Å². The van der Waals surface area contributed by atoms with Gasteiger partial charge in [0.2, 0.25) is 5.91 Å². The first-order chi connectivity index (χ1) is 49.0. The summed E-state index contributed by atoms with van der Waals surface area (Å²) in [5.41, 5.74) is 14.9. The number of hydrogen-bond acceptors (Lipinski definition) is 20. The van der Waals surface area contributed by atoms with Crippen molar-refractivity contribution in [2.75, 3.05) is 46.8 Å². The molecule has 0 bridgehead atoms. The Morgan fingerprint density at radius 3 is 0.780 bits per heavy atom. The van der Waals surface area contributed by atoms with Gasteiger partial charge in [-0.1, -0.05) is 187 Å². The number of esters is 1. The first-order valence-corrected chi connectivity index (χ1v) is 33.2. The molecule has 0 radical (unpaired) electrons. The van der Waals surface area contributed by atoms with Crippen molar-refractivity contribution in [3.8, 4) is 0 Å². The molecule has 100 heavy (non-hydrogen) atoms. The summed E-state index contributed by atoms with van der Waals surface area (Å²) >= 11 is 0. The molecule has 18 atom stereocenters. The lowest BCUT2D eigenvalue weighted by atomic mass is 9.91. The van der Waals surface area contributed by atoms with E-state index in [9.17, 15) is 34.3 Å². The molecule has 0 unspecified atom stereocenters. The Morgan fingerprint density at radius 1 is 0.330 bits per heavy atom. The van der Waals surface area contributed by atoms with Crippen LogP contribution in [0.3, 0.4) is 0 Å². The van der Waals surface area contributed by atoms with Gasteiger partial charge in [0.05, 0.1) is 123 Å². The Kier molecular flexibility index (Phi) is 24.7. The maximum absolute atomic E-state index is 14.9. The highest BCUT2D eigenvalue weighted by atomic mass is 16.6. The predicted octanol–water partition coefficient (Wildman–Crippen LogP) is 4.17. The highest BCUT2D eigenvalue weighted by molar-refractivity contribution is 5.91. The Balaban J connectivity index is 0.741. The minimum absolute atomic E-state index is 0.0214. The second kappa shape index (κ2) is 34.8. The zero-order valence-electron chi connectivity index (χ0n) is 54.8. The standard InChI is InChI=1S/C73H80N8O19/c1-88-73(87)67-60(54(100-67)42-93-36-48-28-16-6-17-29-48)79-71(85)65-58(52(98-65)40-91-34-46-24-12-4-13-25-46)77-69(83)63-56(50(96-63)38-89-32-44-20-8-2-9-21-44)75-68(82)62-57(51(95-62)39-90-33-45-22-10-3-11-23-45)76-70(84)64-59(53(97-64)41-92-35-47-26-14-5-15-27-47)78-72(86)66-61(80-81-74)55(99-66)43-94-37-49-30-18-7-19-31-49/h2-31,50-67H,32-43H2,1H3,(H,75,82)(H,76,84)(H,77,83)(H,78,86)(H,79,85)/t50-,51-,52-,53-,54-,55-,56-,57-,58-,59-,60-,61-,62+,63+,64+,65+,66+,67+/m1/s1. The van der Waals surface area contributed by atoms with E-state index in [1.54, 1.807) is 0 Å². The Labute approximate surface area is 577 Å².